The summed E-state index contributed by atoms with van der Waals surface area (Å²) in [6.45, 7) is 5.11. The van der Waals surface area contributed by atoms with Crippen molar-refractivity contribution in [3.8, 4) is 0 Å². The Balaban J connectivity index is 2.30. The molecule has 3 heteroatoms. The first-order valence-corrected chi connectivity index (χ1v) is 7.37. The van der Waals surface area contributed by atoms with E-state index >= 15 is 0 Å². The molecule has 3 unspecified atom stereocenters. The molecule has 1 fully saturated rings. The van der Waals surface area contributed by atoms with Crippen LogP contribution in [0.2, 0.25) is 0 Å². The number of hydrogen-bond acceptors (Lipinski definition) is 3. The number of hydrazine groups is 1. The average Bonchev–Trinajstić information content (AvgIpc) is 2.41. The predicted octanol–water partition coefficient (Wildman–Crippen LogP) is 3.18. The molecule has 19 heavy (non-hydrogen) atoms. The molecule has 1 aliphatic carbocycles. The summed E-state index contributed by atoms with van der Waals surface area (Å²) in [6.07, 6.45) is 4.66. The van der Waals surface area contributed by atoms with E-state index in [0.29, 0.717) is 5.92 Å². The minimum absolute atomic E-state index is 0.0661. The number of hydrogen-bond donors (Lipinski definition) is 2. The molecule has 2 rings (SSSR count). The first-order valence-electron chi connectivity index (χ1n) is 7.37. The Kier molecular flexibility index (Phi) is 4.97. The summed E-state index contributed by atoms with van der Waals surface area (Å²) in [5.74, 6) is 6.56. The van der Waals surface area contributed by atoms with Gasteiger partial charge < -0.3 is 4.74 Å². The average molecular weight is 262 g/mol. The highest BCUT2D eigenvalue weighted by molar-refractivity contribution is 5.22. The summed E-state index contributed by atoms with van der Waals surface area (Å²) < 4.78 is 6.21. The molecule has 1 aromatic carbocycles. The van der Waals surface area contributed by atoms with Gasteiger partial charge in [0.15, 0.2) is 0 Å². The van der Waals surface area contributed by atoms with Crippen molar-refractivity contribution in [1.82, 2.24) is 5.43 Å². The molecular weight excluding hydrogens is 236 g/mol. The molecule has 3 N–H and O–H groups in total. The third kappa shape index (κ3) is 3.16. The molecular formula is C16H26N2O. The van der Waals surface area contributed by atoms with E-state index in [-0.39, 0.29) is 11.6 Å². The molecule has 1 aromatic rings. The largest absolute Gasteiger partial charge is 0.373 e. The Morgan fingerprint density at radius 3 is 2.74 bits per heavy atom. The van der Waals surface area contributed by atoms with Crippen LogP contribution in [0.25, 0.3) is 0 Å². The van der Waals surface area contributed by atoms with E-state index in [2.05, 4.69) is 43.5 Å². The van der Waals surface area contributed by atoms with Gasteiger partial charge in [-0.15, -0.1) is 0 Å². The zero-order chi connectivity index (χ0) is 13.7. The van der Waals surface area contributed by atoms with Gasteiger partial charge in [-0.25, -0.2) is 0 Å². The lowest BCUT2D eigenvalue weighted by Crippen LogP contribution is -2.51. The quantitative estimate of drug-likeness (QED) is 0.633. The fraction of sp³-hybridized carbons (Fsp3) is 0.625. The van der Waals surface area contributed by atoms with Crippen molar-refractivity contribution in [2.45, 2.75) is 51.2 Å². The molecule has 1 aliphatic rings. The van der Waals surface area contributed by atoms with Crippen LogP contribution in [0.3, 0.4) is 0 Å². The van der Waals surface area contributed by atoms with Crippen LogP contribution in [0.15, 0.2) is 30.3 Å². The van der Waals surface area contributed by atoms with Crippen molar-refractivity contribution in [3.63, 3.8) is 0 Å². The molecule has 3 nitrogen and oxygen atoms in total. The van der Waals surface area contributed by atoms with Gasteiger partial charge in [0.05, 0.1) is 11.6 Å². The van der Waals surface area contributed by atoms with E-state index in [0.717, 1.165) is 19.4 Å². The van der Waals surface area contributed by atoms with E-state index < -0.39 is 0 Å². The minimum Gasteiger partial charge on any atom is -0.373 e. The fourth-order valence-corrected chi connectivity index (χ4v) is 3.51. The summed E-state index contributed by atoms with van der Waals surface area (Å²) in [4.78, 5) is 0. The van der Waals surface area contributed by atoms with Gasteiger partial charge in [-0.05, 0) is 31.2 Å². The number of benzene rings is 1. The topological polar surface area (TPSA) is 47.3 Å². The van der Waals surface area contributed by atoms with Crippen LogP contribution in [-0.4, -0.2) is 12.2 Å². The van der Waals surface area contributed by atoms with Gasteiger partial charge in [0.25, 0.3) is 0 Å². The van der Waals surface area contributed by atoms with Gasteiger partial charge in [0.1, 0.15) is 0 Å². The first kappa shape index (κ1) is 14.5. The molecule has 0 heterocycles. The summed E-state index contributed by atoms with van der Waals surface area (Å²) in [5, 5.41) is 0. The van der Waals surface area contributed by atoms with Crippen molar-refractivity contribution in [3.05, 3.63) is 35.9 Å². The van der Waals surface area contributed by atoms with E-state index in [1.165, 1.54) is 18.4 Å². The van der Waals surface area contributed by atoms with Crippen LogP contribution >= 0.6 is 0 Å². The number of nitrogens with two attached hydrogens (primary N) is 1. The van der Waals surface area contributed by atoms with Gasteiger partial charge in [-0.1, -0.05) is 50.1 Å². The van der Waals surface area contributed by atoms with Crippen LogP contribution < -0.4 is 11.3 Å². The Hall–Kier alpha value is -0.900. The standard InChI is InChI=1S/C16H26N2O/c1-3-19-16(11-7-8-13(2)12-16)15(18-17)14-9-5-4-6-10-14/h4-6,9-10,13,15,18H,3,7-8,11-12,17H2,1-2H3. The maximum absolute atomic E-state index is 6.21. The Bertz CT molecular complexity index is 378. The Morgan fingerprint density at radius 2 is 2.16 bits per heavy atom. The SMILES string of the molecule is CCOC1(C(NN)c2ccccc2)CCCC(C)C1. The van der Waals surface area contributed by atoms with Crippen molar-refractivity contribution in [2.75, 3.05) is 6.61 Å². The van der Waals surface area contributed by atoms with Crippen LogP contribution in [0.4, 0.5) is 0 Å². The molecule has 0 aromatic heterocycles. The highest BCUT2D eigenvalue weighted by atomic mass is 16.5. The molecule has 106 valence electrons. The van der Waals surface area contributed by atoms with Crippen molar-refractivity contribution >= 4 is 0 Å². The van der Waals surface area contributed by atoms with E-state index in [1.54, 1.807) is 0 Å². The van der Waals surface area contributed by atoms with Gasteiger partial charge in [-0.2, -0.15) is 0 Å². The minimum atomic E-state index is -0.164. The second kappa shape index (κ2) is 6.51. The monoisotopic (exact) mass is 262 g/mol. The normalized spacial score (nSPS) is 29.1. The number of ether oxygens (including phenoxy) is 1. The number of rotatable bonds is 5. The van der Waals surface area contributed by atoms with Gasteiger partial charge in [0.2, 0.25) is 0 Å². The summed E-state index contributed by atoms with van der Waals surface area (Å²) in [5.41, 5.74) is 4.06. The number of nitrogens with one attached hydrogen (secondary N) is 1. The Labute approximate surface area is 116 Å². The molecule has 0 amide bonds. The summed E-state index contributed by atoms with van der Waals surface area (Å²) in [6, 6.07) is 10.5. The second-order valence-corrected chi connectivity index (χ2v) is 5.71. The zero-order valence-electron chi connectivity index (χ0n) is 12.1. The summed E-state index contributed by atoms with van der Waals surface area (Å²) in [7, 11) is 0. The zero-order valence-corrected chi connectivity index (χ0v) is 12.1. The van der Waals surface area contributed by atoms with Crippen LogP contribution in [-0.2, 0) is 4.74 Å². The highest BCUT2D eigenvalue weighted by Gasteiger charge is 2.43. The maximum Gasteiger partial charge on any atom is 0.0891 e. The van der Waals surface area contributed by atoms with Crippen molar-refractivity contribution < 1.29 is 4.74 Å². The van der Waals surface area contributed by atoms with E-state index in [9.17, 15) is 0 Å². The highest BCUT2D eigenvalue weighted by Crippen LogP contribution is 2.43. The molecule has 0 spiro atoms. The fourth-order valence-electron chi connectivity index (χ4n) is 3.51. The van der Waals surface area contributed by atoms with E-state index in [4.69, 9.17) is 10.6 Å². The molecule has 1 saturated carbocycles. The third-order valence-corrected chi connectivity index (χ3v) is 4.25. The molecule has 3 atom stereocenters. The van der Waals surface area contributed by atoms with Crippen LogP contribution in [0, 0.1) is 5.92 Å². The molecule has 0 radical (unpaired) electrons. The molecule has 0 aliphatic heterocycles. The van der Waals surface area contributed by atoms with Gasteiger partial charge >= 0.3 is 0 Å². The Morgan fingerprint density at radius 1 is 1.42 bits per heavy atom. The lowest BCUT2D eigenvalue weighted by atomic mass is 9.73. The molecule has 0 saturated heterocycles. The van der Waals surface area contributed by atoms with Gasteiger partial charge in [-0.3, -0.25) is 11.3 Å². The van der Waals surface area contributed by atoms with Crippen molar-refractivity contribution in [1.29, 1.82) is 0 Å². The summed E-state index contributed by atoms with van der Waals surface area (Å²) >= 11 is 0. The van der Waals surface area contributed by atoms with E-state index in [1.807, 2.05) is 6.07 Å². The first-order chi connectivity index (χ1) is 9.22. The second-order valence-electron chi connectivity index (χ2n) is 5.71. The molecule has 0 bridgehead atoms. The van der Waals surface area contributed by atoms with Crippen LogP contribution in [0.1, 0.15) is 51.1 Å². The van der Waals surface area contributed by atoms with Crippen LogP contribution in [0.5, 0.6) is 0 Å². The predicted molar refractivity (Wildman–Crippen MR) is 78.5 cm³/mol. The lowest BCUT2D eigenvalue weighted by Gasteiger charge is -2.45. The maximum atomic E-state index is 6.21. The van der Waals surface area contributed by atoms with Gasteiger partial charge in [0, 0.05) is 6.61 Å². The smallest absolute Gasteiger partial charge is 0.0891 e. The third-order valence-electron chi connectivity index (χ3n) is 4.25. The van der Waals surface area contributed by atoms with Crippen molar-refractivity contribution in [2.24, 2.45) is 11.8 Å². The lowest BCUT2D eigenvalue weighted by molar-refractivity contribution is -0.102.